The Morgan fingerprint density at radius 2 is 1.86 bits per heavy atom. The minimum Gasteiger partial charge on any atom is -0.490 e. The first-order valence-corrected chi connectivity index (χ1v) is 8.30. The number of hydrogen-bond donors (Lipinski definition) is 1. The highest BCUT2D eigenvalue weighted by Crippen LogP contribution is 2.24. The van der Waals surface area contributed by atoms with Gasteiger partial charge in [0.2, 0.25) is 0 Å². The van der Waals surface area contributed by atoms with Gasteiger partial charge in [0.25, 0.3) is 0 Å². The molecule has 0 spiro atoms. The van der Waals surface area contributed by atoms with Gasteiger partial charge >= 0.3 is 0 Å². The number of nitrogens with one attached hydrogen (secondary N) is 1. The van der Waals surface area contributed by atoms with E-state index in [4.69, 9.17) is 4.74 Å². The zero-order chi connectivity index (χ0) is 15.1. The van der Waals surface area contributed by atoms with Crippen molar-refractivity contribution in [2.24, 2.45) is 5.92 Å². The molecule has 21 heavy (non-hydrogen) atoms. The molecule has 1 saturated carbocycles. The van der Waals surface area contributed by atoms with Crippen LogP contribution < -0.4 is 10.1 Å². The minimum absolute atomic E-state index is 0.206. The van der Waals surface area contributed by atoms with Crippen LogP contribution in [0.4, 0.5) is 4.39 Å². The highest BCUT2D eigenvalue weighted by atomic mass is 19.1. The lowest BCUT2D eigenvalue weighted by molar-refractivity contribution is 0.183. The second-order valence-corrected chi connectivity index (χ2v) is 6.55. The second kappa shape index (κ2) is 8.38. The van der Waals surface area contributed by atoms with Gasteiger partial charge in [0, 0.05) is 12.6 Å². The zero-order valence-corrected chi connectivity index (χ0v) is 13.3. The molecule has 0 bridgehead atoms. The minimum atomic E-state index is -0.206. The molecule has 1 aromatic rings. The van der Waals surface area contributed by atoms with E-state index in [9.17, 15) is 4.39 Å². The molecule has 1 N–H and O–H groups in total. The Labute approximate surface area is 128 Å². The van der Waals surface area contributed by atoms with E-state index in [2.05, 4.69) is 19.2 Å². The predicted octanol–water partition coefficient (Wildman–Crippen LogP) is 4.67. The van der Waals surface area contributed by atoms with E-state index < -0.39 is 0 Å². The van der Waals surface area contributed by atoms with Crippen molar-refractivity contribution in [2.75, 3.05) is 6.54 Å². The third kappa shape index (κ3) is 6.04. The van der Waals surface area contributed by atoms with Crippen LogP contribution in [0.3, 0.4) is 0 Å². The Balaban J connectivity index is 1.93. The second-order valence-electron chi connectivity index (χ2n) is 6.55. The summed E-state index contributed by atoms with van der Waals surface area (Å²) in [4.78, 5) is 0. The molecule has 0 radical (unpaired) electrons. The highest BCUT2D eigenvalue weighted by molar-refractivity contribution is 5.29. The summed E-state index contributed by atoms with van der Waals surface area (Å²) in [5, 5.41) is 3.35. The van der Waals surface area contributed by atoms with Crippen LogP contribution in [-0.2, 0) is 6.54 Å². The smallest absolute Gasteiger partial charge is 0.127 e. The van der Waals surface area contributed by atoms with Crippen molar-refractivity contribution in [2.45, 2.75) is 65.0 Å². The van der Waals surface area contributed by atoms with E-state index in [-0.39, 0.29) is 11.9 Å². The van der Waals surface area contributed by atoms with Gasteiger partial charge in [0.1, 0.15) is 11.6 Å². The van der Waals surface area contributed by atoms with Crippen LogP contribution in [0.5, 0.6) is 5.75 Å². The molecule has 0 atom stereocenters. The van der Waals surface area contributed by atoms with Gasteiger partial charge in [-0.1, -0.05) is 26.7 Å². The van der Waals surface area contributed by atoms with Gasteiger partial charge in [-0.2, -0.15) is 0 Å². The van der Waals surface area contributed by atoms with Crippen LogP contribution in [0.2, 0.25) is 0 Å². The largest absolute Gasteiger partial charge is 0.490 e. The molecule has 1 aliphatic rings. The lowest BCUT2D eigenvalue weighted by Crippen LogP contribution is -2.19. The topological polar surface area (TPSA) is 21.3 Å². The Bertz CT molecular complexity index is 425. The monoisotopic (exact) mass is 293 g/mol. The molecule has 1 fully saturated rings. The van der Waals surface area contributed by atoms with Crippen molar-refractivity contribution in [3.8, 4) is 5.75 Å². The fourth-order valence-electron chi connectivity index (χ4n) is 2.85. The van der Waals surface area contributed by atoms with Gasteiger partial charge in [-0.05, 0) is 55.8 Å². The molecular weight excluding hydrogens is 265 g/mol. The maximum atomic E-state index is 13.7. The summed E-state index contributed by atoms with van der Waals surface area (Å²) in [6.07, 6.45) is 7.49. The highest BCUT2D eigenvalue weighted by Gasteiger charge is 2.14. The first-order chi connectivity index (χ1) is 10.1. The van der Waals surface area contributed by atoms with E-state index in [0.29, 0.717) is 18.2 Å². The zero-order valence-electron chi connectivity index (χ0n) is 13.3. The lowest BCUT2D eigenvalue weighted by Gasteiger charge is -2.18. The molecular formula is C18H28FNO. The van der Waals surface area contributed by atoms with Crippen LogP contribution in [-0.4, -0.2) is 12.6 Å². The molecule has 0 aliphatic heterocycles. The summed E-state index contributed by atoms with van der Waals surface area (Å²) in [6.45, 7) is 5.96. The van der Waals surface area contributed by atoms with Crippen LogP contribution in [0.15, 0.2) is 18.2 Å². The van der Waals surface area contributed by atoms with E-state index in [1.165, 1.54) is 31.7 Å². The van der Waals surface area contributed by atoms with E-state index in [1.807, 2.05) is 6.07 Å². The Morgan fingerprint density at radius 3 is 2.52 bits per heavy atom. The standard InChI is InChI=1S/C18H28FNO/c1-14(2)12-20-13-15-9-16(19)11-18(10-15)21-17-7-5-3-4-6-8-17/h9-11,14,17,20H,3-8,12-13H2,1-2H3. The lowest BCUT2D eigenvalue weighted by atomic mass is 10.1. The van der Waals surface area contributed by atoms with Gasteiger partial charge in [-0.15, -0.1) is 0 Å². The molecule has 2 rings (SSSR count). The Hall–Kier alpha value is -1.09. The van der Waals surface area contributed by atoms with Crippen LogP contribution in [0.25, 0.3) is 0 Å². The van der Waals surface area contributed by atoms with E-state index >= 15 is 0 Å². The normalized spacial score (nSPS) is 17.0. The van der Waals surface area contributed by atoms with Gasteiger partial charge in [-0.25, -0.2) is 4.39 Å². The van der Waals surface area contributed by atoms with Crippen molar-refractivity contribution in [3.05, 3.63) is 29.6 Å². The van der Waals surface area contributed by atoms with Crippen LogP contribution in [0, 0.1) is 11.7 Å². The van der Waals surface area contributed by atoms with Crippen molar-refractivity contribution in [1.29, 1.82) is 0 Å². The Morgan fingerprint density at radius 1 is 1.14 bits per heavy atom. The van der Waals surface area contributed by atoms with Crippen LogP contribution in [0.1, 0.15) is 57.9 Å². The molecule has 1 aromatic carbocycles. The quantitative estimate of drug-likeness (QED) is 0.769. The number of hydrogen-bond acceptors (Lipinski definition) is 2. The summed E-state index contributed by atoms with van der Waals surface area (Å²) < 4.78 is 19.8. The maximum Gasteiger partial charge on any atom is 0.127 e. The maximum absolute atomic E-state index is 13.7. The molecule has 0 unspecified atom stereocenters. The number of rotatable bonds is 6. The average Bonchev–Trinajstić information content (AvgIpc) is 2.66. The third-order valence-corrected chi connectivity index (χ3v) is 3.92. The first kappa shape index (κ1) is 16.3. The molecule has 0 aromatic heterocycles. The average molecular weight is 293 g/mol. The van der Waals surface area contributed by atoms with Gasteiger partial charge in [0.15, 0.2) is 0 Å². The molecule has 118 valence electrons. The first-order valence-electron chi connectivity index (χ1n) is 8.30. The van der Waals surface area contributed by atoms with Gasteiger partial charge in [-0.3, -0.25) is 0 Å². The summed E-state index contributed by atoms with van der Waals surface area (Å²) in [6, 6.07) is 5.07. The summed E-state index contributed by atoms with van der Waals surface area (Å²) >= 11 is 0. The third-order valence-electron chi connectivity index (χ3n) is 3.92. The fraction of sp³-hybridized carbons (Fsp3) is 0.667. The van der Waals surface area contributed by atoms with E-state index in [1.54, 1.807) is 6.07 Å². The SMILES string of the molecule is CC(C)CNCc1cc(F)cc(OC2CCCCCC2)c1. The van der Waals surface area contributed by atoms with Crippen LogP contribution >= 0.6 is 0 Å². The predicted molar refractivity (Wildman–Crippen MR) is 85.1 cm³/mol. The molecule has 2 nitrogen and oxygen atoms in total. The van der Waals surface area contributed by atoms with Gasteiger partial charge in [0.05, 0.1) is 6.10 Å². The summed E-state index contributed by atoms with van der Waals surface area (Å²) in [5.41, 5.74) is 0.958. The molecule has 0 saturated heterocycles. The molecule has 1 aliphatic carbocycles. The van der Waals surface area contributed by atoms with E-state index in [0.717, 1.165) is 24.9 Å². The number of benzene rings is 1. The fourth-order valence-corrected chi connectivity index (χ4v) is 2.85. The van der Waals surface area contributed by atoms with Crippen molar-refractivity contribution < 1.29 is 9.13 Å². The van der Waals surface area contributed by atoms with Crippen molar-refractivity contribution in [1.82, 2.24) is 5.32 Å². The summed E-state index contributed by atoms with van der Waals surface area (Å²) in [5.74, 6) is 1.07. The molecule has 3 heteroatoms. The van der Waals surface area contributed by atoms with Crippen molar-refractivity contribution in [3.63, 3.8) is 0 Å². The number of ether oxygens (including phenoxy) is 1. The number of halogens is 1. The summed E-state index contributed by atoms with van der Waals surface area (Å²) in [7, 11) is 0. The van der Waals surface area contributed by atoms with Gasteiger partial charge < -0.3 is 10.1 Å². The molecule has 0 amide bonds. The van der Waals surface area contributed by atoms with Crippen molar-refractivity contribution >= 4 is 0 Å². The molecule has 0 heterocycles. The Kier molecular flexibility index (Phi) is 6.50.